The Morgan fingerprint density at radius 1 is 1.21 bits per heavy atom. The van der Waals surface area contributed by atoms with Crippen LogP contribution in [0.5, 0.6) is 0 Å². The highest BCUT2D eigenvalue weighted by atomic mass is 32.1. The average molecular weight is 341 g/mol. The van der Waals surface area contributed by atoms with Crippen molar-refractivity contribution in [1.82, 2.24) is 34.9 Å². The summed E-state index contributed by atoms with van der Waals surface area (Å²) >= 11 is 1.53. The normalized spacial score (nSPS) is 11.6. The van der Waals surface area contributed by atoms with Crippen LogP contribution in [0.3, 0.4) is 0 Å². The summed E-state index contributed by atoms with van der Waals surface area (Å²) in [5.41, 5.74) is 0.702. The van der Waals surface area contributed by atoms with Crippen molar-refractivity contribution in [2.45, 2.75) is 32.6 Å². The predicted octanol–water partition coefficient (Wildman–Crippen LogP) is 2.54. The molecule has 0 aliphatic heterocycles. The Morgan fingerprint density at radius 2 is 2.12 bits per heavy atom. The molecular formula is C15H15N7OS. The molecule has 4 rings (SSSR count). The molecule has 4 aromatic rings. The van der Waals surface area contributed by atoms with Gasteiger partial charge in [-0.1, -0.05) is 36.4 Å². The Labute approximate surface area is 141 Å². The molecule has 0 radical (unpaired) electrons. The second kappa shape index (κ2) is 6.08. The van der Waals surface area contributed by atoms with Gasteiger partial charge < -0.3 is 4.52 Å². The maximum atomic E-state index is 5.30. The minimum atomic E-state index is 0.284. The number of aryl methyl sites for hydroxylation is 2. The van der Waals surface area contributed by atoms with Gasteiger partial charge in [0.15, 0.2) is 5.82 Å². The van der Waals surface area contributed by atoms with Gasteiger partial charge in [-0.2, -0.15) is 14.6 Å². The minimum absolute atomic E-state index is 0.284. The number of nitrogens with zero attached hydrogens (tertiary/aromatic N) is 7. The van der Waals surface area contributed by atoms with Gasteiger partial charge in [0.05, 0.1) is 0 Å². The highest BCUT2D eigenvalue weighted by Crippen LogP contribution is 2.20. The quantitative estimate of drug-likeness (QED) is 0.550. The van der Waals surface area contributed by atoms with Crippen molar-refractivity contribution in [2.75, 3.05) is 0 Å². The van der Waals surface area contributed by atoms with Crippen LogP contribution in [0.15, 0.2) is 28.9 Å². The van der Waals surface area contributed by atoms with Crippen molar-refractivity contribution >= 4 is 16.3 Å². The van der Waals surface area contributed by atoms with E-state index in [2.05, 4.69) is 44.3 Å². The molecule has 0 N–H and O–H groups in total. The van der Waals surface area contributed by atoms with Crippen LogP contribution in [0.1, 0.15) is 36.5 Å². The lowest BCUT2D eigenvalue weighted by atomic mass is 10.2. The predicted molar refractivity (Wildman–Crippen MR) is 87.7 cm³/mol. The van der Waals surface area contributed by atoms with Crippen LogP contribution in [0.25, 0.3) is 16.5 Å². The lowest BCUT2D eigenvalue weighted by molar-refractivity contribution is 0.378. The number of aromatic nitrogens is 7. The molecule has 0 saturated heterocycles. The molecule has 4 heterocycles. The Hall–Kier alpha value is -2.68. The lowest BCUT2D eigenvalue weighted by Crippen LogP contribution is -1.99. The third-order valence-corrected chi connectivity index (χ3v) is 4.45. The molecule has 0 unspecified atom stereocenters. The van der Waals surface area contributed by atoms with Crippen LogP contribution in [-0.2, 0) is 12.8 Å². The zero-order valence-corrected chi connectivity index (χ0v) is 14.1. The zero-order valence-electron chi connectivity index (χ0n) is 13.2. The van der Waals surface area contributed by atoms with Gasteiger partial charge in [0.2, 0.25) is 16.7 Å². The number of rotatable bonds is 5. The number of hydrogen-bond donors (Lipinski definition) is 0. The van der Waals surface area contributed by atoms with Crippen LogP contribution in [0.4, 0.5) is 0 Å². The van der Waals surface area contributed by atoms with Crippen LogP contribution in [0, 0.1) is 0 Å². The molecule has 0 aliphatic carbocycles. The molecule has 0 aromatic carbocycles. The Bertz CT molecular complexity index is 957. The molecule has 0 bridgehead atoms. The molecule has 0 atom stereocenters. The minimum Gasteiger partial charge on any atom is -0.339 e. The van der Waals surface area contributed by atoms with Crippen molar-refractivity contribution in [3.05, 3.63) is 41.1 Å². The average Bonchev–Trinajstić information content (AvgIpc) is 3.28. The molecule has 0 aliphatic rings. The molecule has 0 saturated carbocycles. The van der Waals surface area contributed by atoms with Gasteiger partial charge in [-0.3, -0.25) is 4.98 Å². The smallest absolute Gasteiger partial charge is 0.234 e. The maximum Gasteiger partial charge on any atom is 0.234 e. The van der Waals surface area contributed by atoms with E-state index in [1.54, 1.807) is 6.20 Å². The number of hydrogen-bond acceptors (Lipinski definition) is 8. The summed E-state index contributed by atoms with van der Waals surface area (Å²) < 4.78 is 7.12. The topological polar surface area (TPSA) is 94.9 Å². The number of fused-ring (bicyclic) bond motifs is 1. The van der Waals surface area contributed by atoms with Crippen molar-refractivity contribution in [3.8, 4) is 11.5 Å². The molecular weight excluding hydrogens is 326 g/mol. The summed E-state index contributed by atoms with van der Waals surface area (Å²) in [6.07, 6.45) is 3.05. The van der Waals surface area contributed by atoms with Gasteiger partial charge in [-0.25, -0.2) is 0 Å². The van der Waals surface area contributed by atoms with E-state index in [1.807, 2.05) is 22.7 Å². The van der Waals surface area contributed by atoms with E-state index in [0.29, 0.717) is 23.8 Å². The van der Waals surface area contributed by atoms with Gasteiger partial charge in [-0.05, 0) is 12.1 Å². The van der Waals surface area contributed by atoms with Crippen LogP contribution in [0.2, 0.25) is 0 Å². The fourth-order valence-corrected chi connectivity index (χ4v) is 3.14. The molecule has 0 amide bonds. The first-order valence-electron chi connectivity index (χ1n) is 7.65. The first-order valence-corrected chi connectivity index (χ1v) is 8.47. The highest BCUT2D eigenvalue weighted by molar-refractivity contribution is 7.16. The lowest BCUT2D eigenvalue weighted by Gasteiger charge is -1.97. The Morgan fingerprint density at radius 3 is 2.92 bits per heavy atom. The van der Waals surface area contributed by atoms with Crippen molar-refractivity contribution in [1.29, 1.82) is 0 Å². The molecule has 8 nitrogen and oxygen atoms in total. The number of pyridine rings is 1. The van der Waals surface area contributed by atoms with E-state index in [1.165, 1.54) is 11.3 Å². The third kappa shape index (κ3) is 2.78. The second-order valence-corrected chi connectivity index (χ2v) is 6.67. The highest BCUT2D eigenvalue weighted by Gasteiger charge is 2.15. The molecule has 4 aromatic heterocycles. The summed E-state index contributed by atoms with van der Waals surface area (Å²) in [7, 11) is 0. The van der Waals surface area contributed by atoms with Gasteiger partial charge in [0.25, 0.3) is 0 Å². The van der Waals surface area contributed by atoms with Crippen LogP contribution in [-0.4, -0.2) is 34.9 Å². The zero-order chi connectivity index (χ0) is 16.5. The second-order valence-electron chi connectivity index (χ2n) is 5.63. The Balaban J connectivity index is 1.48. The fraction of sp³-hybridized carbons (Fsp3) is 0.333. The fourth-order valence-electron chi connectivity index (χ4n) is 2.30. The van der Waals surface area contributed by atoms with E-state index in [-0.39, 0.29) is 5.92 Å². The van der Waals surface area contributed by atoms with Crippen molar-refractivity contribution < 1.29 is 4.52 Å². The summed E-state index contributed by atoms with van der Waals surface area (Å²) in [6.45, 7) is 4.15. The van der Waals surface area contributed by atoms with E-state index in [9.17, 15) is 0 Å². The van der Waals surface area contributed by atoms with Crippen molar-refractivity contribution in [3.63, 3.8) is 0 Å². The maximum absolute atomic E-state index is 5.30. The van der Waals surface area contributed by atoms with Gasteiger partial charge >= 0.3 is 0 Å². The summed E-state index contributed by atoms with van der Waals surface area (Å²) in [6, 6.07) is 5.60. The van der Waals surface area contributed by atoms with Crippen LogP contribution >= 0.6 is 11.3 Å². The monoisotopic (exact) mass is 341 g/mol. The Kier molecular flexibility index (Phi) is 3.77. The molecule has 24 heavy (non-hydrogen) atoms. The van der Waals surface area contributed by atoms with Gasteiger partial charge in [0.1, 0.15) is 10.7 Å². The van der Waals surface area contributed by atoms with E-state index >= 15 is 0 Å². The van der Waals surface area contributed by atoms with Gasteiger partial charge in [-0.15, -0.1) is 10.2 Å². The SMILES string of the molecule is CC(C)c1nnc2sc(CCc3nc(-c4ccccn4)no3)nn12. The largest absolute Gasteiger partial charge is 0.339 e. The van der Waals surface area contributed by atoms with E-state index in [4.69, 9.17) is 4.52 Å². The third-order valence-electron chi connectivity index (χ3n) is 3.49. The standard InChI is InChI=1S/C15H15N7OS/c1-9(2)14-18-19-15-22(14)20-12(24-15)7-6-11-17-13(21-23-11)10-5-3-4-8-16-10/h3-5,8-9H,6-7H2,1-2H3. The first-order chi connectivity index (χ1) is 11.7. The molecule has 0 spiro atoms. The summed E-state index contributed by atoms with van der Waals surface area (Å²) in [5, 5.41) is 17.9. The van der Waals surface area contributed by atoms with E-state index in [0.717, 1.165) is 22.2 Å². The molecule has 9 heteroatoms. The first kappa shape index (κ1) is 14.9. The van der Waals surface area contributed by atoms with Crippen LogP contribution < -0.4 is 0 Å². The van der Waals surface area contributed by atoms with E-state index < -0.39 is 0 Å². The van der Waals surface area contributed by atoms with Gasteiger partial charge in [0, 0.05) is 25.0 Å². The molecule has 0 fully saturated rings. The summed E-state index contributed by atoms with van der Waals surface area (Å²) in [5.74, 6) is 2.24. The van der Waals surface area contributed by atoms with Crippen molar-refractivity contribution in [2.24, 2.45) is 0 Å². The summed E-state index contributed by atoms with van der Waals surface area (Å²) in [4.78, 5) is 9.41. The molecule has 122 valence electrons.